The van der Waals surface area contributed by atoms with Crippen LogP contribution in [0.2, 0.25) is 0 Å². The van der Waals surface area contributed by atoms with E-state index < -0.39 is 0 Å². The third-order valence-electron chi connectivity index (χ3n) is 2.76. The van der Waals surface area contributed by atoms with Crippen LogP contribution < -0.4 is 5.32 Å². The van der Waals surface area contributed by atoms with Crippen LogP contribution in [-0.4, -0.2) is 13.1 Å². The number of thiophene rings is 1. The Morgan fingerprint density at radius 1 is 1.50 bits per heavy atom. The Hall–Kier alpha value is -0.850. The Balaban J connectivity index is 2.25. The van der Waals surface area contributed by atoms with Gasteiger partial charge < -0.3 is 5.32 Å². The summed E-state index contributed by atoms with van der Waals surface area (Å²) in [6.07, 6.45) is 2.34. The SMILES string of the molecule is Cc1cc(C2CCNCC2)c(C#N)s1. The van der Waals surface area contributed by atoms with E-state index in [0.29, 0.717) is 5.92 Å². The summed E-state index contributed by atoms with van der Waals surface area (Å²) in [5.74, 6) is 0.607. The number of nitrogens with zero attached hydrogens (tertiary/aromatic N) is 1. The van der Waals surface area contributed by atoms with Gasteiger partial charge in [-0.2, -0.15) is 5.26 Å². The van der Waals surface area contributed by atoms with E-state index in [1.807, 2.05) is 0 Å². The van der Waals surface area contributed by atoms with Gasteiger partial charge in [0, 0.05) is 4.88 Å². The molecule has 0 aromatic carbocycles. The number of rotatable bonds is 1. The molecule has 2 rings (SSSR count). The Kier molecular flexibility index (Phi) is 2.85. The number of hydrogen-bond donors (Lipinski definition) is 1. The van der Waals surface area contributed by atoms with Crippen molar-refractivity contribution in [2.24, 2.45) is 0 Å². The minimum Gasteiger partial charge on any atom is -0.317 e. The van der Waals surface area contributed by atoms with Crippen LogP contribution in [0.3, 0.4) is 0 Å². The van der Waals surface area contributed by atoms with Crippen molar-refractivity contribution in [3.05, 3.63) is 21.4 Å². The molecule has 14 heavy (non-hydrogen) atoms. The van der Waals surface area contributed by atoms with E-state index in [4.69, 9.17) is 5.26 Å². The maximum Gasteiger partial charge on any atom is 0.110 e. The summed E-state index contributed by atoms with van der Waals surface area (Å²) in [7, 11) is 0. The Bertz CT molecular complexity index is 356. The summed E-state index contributed by atoms with van der Waals surface area (Å²) < 4.78 is 0. The first kappa shape index (κ1) is 9.70. The lowest BCUT2D eigenvalue weighted by molar-refractivity contribution is 0.460. The van der Waals surface area contributed by atoms with Gasteiger partial charge in [-0.05, 0) is 50.4 Å². The molecule has 1 saturated heterocycles. The molecule has 0 aliphatic carbocycles. The van der Waals surface area contributed by atoms with E-state index in [2.05, 4.69) is 24.4 Å². The van der Waals surface area contributed by atoms with Gasteiger partial charge in [0.25, 0.3) is 0 Å². The first-order chi connectivity index (χ1) is 6.81. The second-order valence-corrected chi connectivity index (χ2v) is 5.03. The van der Waals surface area contributed by atoms with Crippen LogP contribution >= 0.6 is 11.3 Å². The maximum atomic E-state index is 9.01. The van der Waals surface area contributed by atoms with Crippen LogP contribution in [0, 0.1) is 18.3 Å². The minimum atomic E-state index is 0.607. The molecule has 0 bridgehead atoms. The molecule has 1 aliphatic rings. The average molecular weight is 206 g/mol. The zero-order valence-corrected chi connectivity index (χ0v) is 9.16. The lowest BCUT2D eigenvalue weighted by Gasteiger charge is -2.22. The first-order valence-electron chi connectivity index (χ1n) is 5.02. The molecule has 0 unspecified atom stereocenters. The molecule has 1 aromatic heterocycles. The number of nitriles is 1. The van der Waals surface area contributed by atoms with E-state index in [-0.39, 0.29) is 0 Å². The molecule has 0 spiro atoms. The molecule has 1 aromatic rings. The number of aryl methyl sites for hydroxylation is 1. The fourth-order valence-electron chi connectivity index (χ4n) is 2.06. The van der Waals surface area contributed by atoms with Gasteiger partial charge in [-0.15, -0.1) is 11.3 Å². The number of piperidine rings is 1. The Labute approximate surface area is 88.6 Å². The van der Waals surface area contributed by atoms with E-state index in [0.717, 1.165) is 18.0 Å². The molecule has 74 valence electrons. The Morgan fingerprint density at radius 3 is 2.86 bits per heavy atom. The van der Waals surface area contributed by atoms with Crippen LogP contribution in [0.4, 0.5) is 0 Å². The van der Waals surface area contributed by atoms with Crippen molar-refractivity contribution in [1.29, 1.82) is 5.26 Å². The molecule has 0 atom stereocenters. The third-order valence-corrected chi connectivity index (χ3v) is 3.74. The quantitative estimate of drug-likeness (QED) is 0.766. The topological polar surface area (TPSA) is 35.8 Å². The lowest BCUT2D eigenvalue weighted by atomic mass is 9.90. The van der Waals surface area contributed by atoms with Gasteiger partial charge in [0.1, 0.15) is 10.9 Å². The molecule has 2 nitrogen and oxygen atoms in total. The van der Waals surface area contributed by atoms with Crippen molar-refractivity contribution < 1.29 is 0 Å². The highest BCUT2D eigenvalue weighted by atomic mass is 32.1. The standard InChI is InChI=1S/C11H14N2S/c1-8-6-10(11(7-12)14-8)9-2-4-13-5-3-9/h6,9,13H,2-5H2,1H3. The van der Waals surface area contributed by atoms with Crippen LogP contribution in [0.25, 0.3) is 0 Å². The second-order valence-electron chi connectivity index (χ2n) is 3.78. The monoisotopic (exact) mass is 206 g/mol. The predicted octanol–water partition coefficient (Wildman–Crippen LogP) is 2.40. The number of hydrogen-bond acceptors (Lipinski definition) is 3. The molecule has 0 amide bonds. The van der Waals surface area contributed by atoms with Gasteiger partial charge >= 0.3 is 0 Å². The first-order valence-corrected chi connectivity index (χ1v) is 5.84. The van der Waals surface area contributed by atoms with Gasteiger partial charge in [0.2, 0.25) is 0 Å². The second kappa shape index (κ2) is 4.12. The van der Waals surface area contributed by atoms with E-state index in [9.17, 15) is 0 Å². The summed E-state index contributed by atoms with van der Waals surface area (Å²) in [6, 6.07) is 4.51. The summed E-state index contributed by atoms with van der Waals surface area (Å²) in [5.41, 5.74) is 1.29. The normalized spacial score (nSPS) is 18.0. The van der Waals surface area contributed by atoms with Crippen LogP contribution in [-0.2, 0) is 0 Å². The fourth-order valence-corrected chi connectivity index (χ4v) is 2.95. The van der Waals surface area contributed by atoms with Crippen LogP contribution in [0.5, 0.6) is 0 Å². The Morgan fingerprint density at radius 2 is 2.21 bits per heavy atom. The van der Waals surface area contributed by atoms with Gasteiger partial charge in [-0.3, -0.25) is 0 Å². The van der Waals surface area contributed by atoms with Gasteiger partial charge in [-0.25, -0.2) is 0 Å². The zero-order valence-electron chi connectivity index (χ0n) is 8.34. The fraction of sp³-hybridized carbons (Fsp3) is 0.545. The van der Waals surface area contributed by atoms with Crippen molar-refractivity contribution in [1.82, 2.24) is 5.32 Å². The lowest BCUT2D eigenvalue weighted by Crippen LogP contribution is -2.26. The van der Waals surface area contributed by atoms with Crippen molar-refractivity contribution in [3.63, 3.8) is 0 Å². The predicted molar refractivity (Wildman–Crippen MR) is 58.6 cm³/mol. The molecule has 0 radical (unpaired) electrons. The third kappa shape index (κ3) is 1.82. The molecule has 0 saturated carbocycles. The molecular formula is C11H14N2S. The van der Waals surface area contributed by atoms with Crippen LogP contribution in [0.1, 0.15) is 34.1 Å². The molecule has 1 fully saturated rings. The van der Waals surface area contributed by atoms with E-state index in [1.165, 1.54) is 23.3 Å². The molecule has 2 heterocycles. The van der Waals surface area contributed by atoms with Crippen molar-refractivity contribution >= 4 is 11.3 Å². The summed E-state index contributed by atoms with van der Waals surface area (Å²) in [5, 5.41) is 12.4. The summed E-state index contributed by atoms with van der Waals surface area (Å²) in [4.78, 5) is 2.18. The van der Waals surface area contributed by atoms with Crippen molar-refractivity contribution in [2.45, 2.75) is 25.7 Å². The highest BCUT2D eigenvalue weighted by molar-refractivity contribution is 7.12. The maximum absolute atomic E-state index is 9.01. The molecular weight excluding hydrogens is 192 g/mol. The molecule has 1 N–H and O–H groups in total. The highest BCUT2D eigenvalue weighted by Gasteiger charge is 2.19. The van der Waals surface area contributed by atoms with Crippen molar-refractivity contribution in [2.75, 3.05) is 13.1 Å². The van der Waals surface area contributed by atoms with Gasteiger partial charge in [0.05, 0.1) is 0 Å². The minimum absolute atomic E-state index is 0.607. The van der Waals surface area contributed by atoms with E-state index >= 15 is 0 Å². The summed E-state index contributed by atoms with van der Waals surface area (Å²) >= 11 is 1.63. The van der Waals surface area contributed by atoms with Gasteiger partial charge in [-0.1, -0.05) is 0 Å². The molecule has 3 heteroatoms. The van der Waals surface area contributed by atoms with E-state index in [1.54, 1.807) is 11.3 Å². The van der Waals surface area contributed by atoms with Gasteiger partial charge in [0.15, 0.2) is 0 Å². The summed E-state index contributed by atoms with van der Waals surface area (Å²) in [6.45, 7) is 4.25. The highest BCUT2D eigenvalue weighted by Crippen LogP contribution is 2.32. The number of nitrogens with one attached hydrogen (secondary N) is 1. The largest absolute Gasteiger partial charge is 0.317 e. The van der Waals surface area contributed by atoms with Crippen molar-refractivity contribution in [3.8, 4) is 6.07 Å². The smallest absolute Gasteiger partial charge is 0.110 e. The van der Waals surface area contributed by atoms with Crippen LogP contribution in [0.15, 0.2) is 6.07 Å². The average Bonchev–Trinajstić information content (AvgIpc) is 2.61. The zero-order chi connectivity index (χ0) is 9.97. The molecule has 1 aliphatic heterocycles.